The highest BCUT2D eigenvalue weighted by molar-refractivity contribution is 14.0. The topological polar surface area (TPSA) is 50.4 Å². The molecule has 0 saturated carbocycles. The van der Waals surface area contributed by atoms with Gasteiger partial charge in [0, 0.05) is 12.6 Å². The van der Waals surface area contributed by atoms with Crippen LogP contribution >= 0.6 is 24.0 Å². The number of hydrogen-bond acceptors (Lipinski definition) is 1. The van der Waals surface area contributed by atoms with Gasteiger partial charge in [-0.15, -0.1) is 24.0 Å². The van der Waals surface area contributed by atoms with Crippen LogP contribution in [0, 0.1) is 0 Å². The molecule has 0 heterocycles. The van der Waals surface area contributed by atoms with Gasteiger partial charge in [0.15, 0.2) is 5.96 Å². The number of guanidine groups is 1. The van der Waals surface area contributed by atoms with E-state index in [9.17, 15) is 0 Å². The third kappa shape index (κ3) is 7.12. The van der Waals surface area contributed by atoms with Crippen LogP contribution in [-0.4, -0.2) is 18.5 Å². The molecule has 0 radical (unpaired) electrons. The van der Waals surface area contributed by atoms with Gasteiger partial charge in [-0.25, -0.2) is 0 Å². The molecule has 0 atom stereocenters. The Morgan fingerprint density at radius 2 is 1.75 bits per heavy atom. The summed E-state index contributed by atoms with van der Waals surface area (Å²) in [7, 11) is 0. The van der Waals surface area contributed by atoms with Crippen molar-refractivity contribution in [1.82, 2.24) is 5.32 Å². The summed E-state index contributed by atoms with van der Waals surface area (Å²) in [4.78, 5) is 4.31. The molecule has 0 bridgehead atoms. The van der Waals surface area contributed by atoms with E-state index in [0.717, 1.165) is 13.0 Å². The molecule has 0 spiro atoms. The molecule has 1 aromatic carbocycles. The molecular formula is C16H28IN3. The van der Waals surface area contributed by atoms with E-state index in [1.165, 1.54) is 11.1 Å². The Labute approximate surface area is 140 Å². The number of halogens is 1. The summed E-state index contributed by atoms with van der Waals surface area (Å²) >= 11 is 0. The number of nitrogens with zero attached hydrogens (tertiary/aromatic N) is 1. The van der Waals surface area contributed by atoms with E-state index >= 15 is 0 Å². The number of rotatable bonds is 4. The highest BCUT2D eigenvalue weighted by Crippen LogP contribution is 2.22. The van der Waals surface area contributed by atoms with Crippen LogP contribution in [0.25, 0.3) is 0 Å². The highest BCUT2D eigenvalue weighted by atomic mass is 127. The molecule has 0 aromatic heterocycles. The molecule has 0 saturated heterocycles. The quantitative estimate of drug-likeness (QED) is 0.471. The van der Waals surface area contributed by atoms with Gasteiger partial charge in [-0.2, -0.15) is 0 Å². The van der Waals surface area contributed by atoms with Gasteiger partial charge in [0.05, 0.1) is 0 Å². The van der Waals surface area contributed by atoms with Gasteiger partial charge < -0.3 is 11.1 Å². The van der Waals surface area contributed by atoms with Crippen molar-refractivity contribution in [2.75, 3.05) is 6.54 Å². The minimum Gasteiger partial charge on any atom is -0.370 e. The first-order valence-electron chi connectivity index (χ1n) is 6.95. The van der Waals surface area contributed by atoms with E-state index in [2.05, 4.69) is 55.3 Å². The summed E-state index contributed by atoms with van der Waals surface area (Å²) in [6, 6.07) is 9.10. The minimum atomic E-state index is 0. The van der Waals surface area contributed by atoms with Crippen LogP contribution in [0.1, 0.15) is 45.7 Å². The Bertz CT molecular complexity index is 416. The predicted molar refractivity (Wildman–Crippen MR) is 99.0 cm³/mol. The second kappa shape index (κ2) is 8.49. The van der Waals surface area contributed by atoms with Crippen molar-refractivity contribution in [3.8, 4) is 0 Å². The highest BCUT2D eigenvalue weighted by Gasteiger charge is 2.12. The minimum absolute atomic E-state index is 0. The van der Waals surface area contributed by atoms with E-state index in [-0.39, 0.29) is 29.4 Å². The Kier molecular flexibility index (Phi) is 8.16. The Hall–Kier alpha value is -0.780. The molecular weight excluding hydrogens is 361 g/mol. The van der Waals surface area contributed by atoms with Crippen LogP contribution in [-0.2, 0) is 11.8 Å². The second-order valence-corrected chi connectivity index (χ2v) is 6.26. The zero-order chi connectivity index (χ0) is 14.5. The number of aliphatic imine (C=N–C) groups is 1. The first kappa shape index (κ1) is 19.2. The number of hydrogen-bond donors (Lipinski definition) is 2. The zero-order valence-electron chi connectivity index (χ0n) is 13.2. The fourth-order valence-electron chi connectivity index (χ4n) is 1.82. The number of benzene rings is 1. The first-order valence-corrected chi connectivity index (χ1v) is 6.95. The van der Waals surface area contributed by atoms with Crippen LogP contribution in [0.2, 0.25) is 0 Å². The third-order valence-electron chi connectivity index (χ3n) is 2.94. The average Bonchev–Trinajstić information content (AvgIpc) is 2.27. The fraction of sp³-hybridized carbons (Fsp3) is 0.562. The molecule has 0 aliphatic carbocycles. The van der Waals surface area contributed by atoms with Crippen molar-refractivity contribution in [2.45, 2.75) is 52.5 Å². The van der Waals surface area contributed by atoms with Gasteiger partial charge in [0.1, 0.15) is 0 Å². The SMILES string of the molecule is CC(C)NC(N)=NCCc1ccc(C(C)(C)C)cc1.I. The predicted octanol–water partition coefficient (Wildman–Crippen LogP) is 3.46. The molecule has 3 nitrogen and oxygen atoms in total. The van der Waals surface area contributed by atoms with Crippen molar-refractivity contribution in [1.29, 1.82) is 0 Å². The maximum absolute atomic E-state index is 5.76. The Balaban J connectivity index is 0.00000361. The van der Waals surface area contributed by atoms with E-state index in [0.29, 0.717) is 12.0 Å². The molecule has 0 amide bonds. The molecule has 0 aliphatic rings. The fourth-order valence-corrected chi connectivity index (χ4v) is 1.82. The van der Waals surface area contributed by atoms with Gasteiger partial charge in [0.25, 0.3) is 0 Å². The average molecular weight is 389 g/mol. The van der Waals surface area contributed by atoms with Crippen molar-refractivity contribution >= 4 is 29.9 Å². The van der Waals surface area contributed by atoms with Crippen molar-refractivity contribution in [3.63, 3.8) is 0 Å². The molecule has 20 heavy (non-hydrogen) atoms. The van der Waals surface area contributed by atoms with Crippen molar-refractivity contribution in [3.05, 3.63) is 35.4 Å². The molecule has 0 aliphatic heterocycles. The lowest BCUT2D eigenvalue weighted by Gasteiger charge is -2.19. The van der Waals surface area contributed by atoms with Crippen LogP contribution in [0.15, 0.2) is 29.3 Å². The Morgan fingerprint density at radius 1 is 1.20 bits per heavy atom. The summed E-state index contributed by atoms with van der Waals surface area (Å²) in [6.07, 6.45) is 0.922. The summed E-state index contributed by atoms with van der Waals surface area (Å²) < 4.78 is 0. The van der Waals surface area contributed by atoms with Crippen LogP contribution < -0.4 is 11.1 Å². The molecule has 4 heteroatoms. The first-order chi connectivity index (χ1) is 8.79. The van der Waals surface area contributed by atoms with Gasteiger partial charge >= 0.3 is 0 Å². The lowest BCUT2D eigenvalue weighted by molar-refractivity contribution is 0.590. The number of nitrogens with two attached hydrogens (primary N) is 1. The molecule has 1 aromatic rings. The van der Waals surface area contributed by atoms with Gasteiger partial charge in [-0.3, -0.25) is 4.99 Å². The van der Waals surface area contributed by atoms with Crippen LogP contribution in [0.5, 0.6) is 0 Å². The Morgan fingerprint density at radius 3 is 2.20 bits per heavy atom. The van der Waals surface area contributed by atoms with Gasteiger partial charge in [0.2, 0.25) is 0 Å². The summed E-state index contributed by atoms with van der Waals surface area (Å²) in [5.41, 5.74) is 8.63. The molecule has 114 valence electrons. The zero-order valence-corrected chi connectivity index (χ0v) is 15.6. The lowest BCUT2D eigenvalue weighted by Crippen LogP contribution is -2.36. The van der Waals surface area contributed by atoms with E-state index in [4.69, 9.17) is 5.73 Å². The summed E-state index contributed by atoms with van der Waals surface area (Å²) in [5.74, 6) is 0.529. The summed E-state index contributed by atoms with van der Waals surface area (Å²) in [6.45, 7) is 11.5. The molecule has 0 unspecified atom stereocenters. The van der Waals surface area contributed by atoms with E-state index in [1.54, 1.807) is 0 Å². The molecule has 0 fully saturated rings. The molecule has 1 rings (SSSR count). The van der Waals surface area contributed by atoms with Gasteiger partial charge in [-0.1, -0.05) is 45.0 Å². The van der Waals surface area contributed by atoms with Gasteiger partial charge in [-0.05, 0) is 36.8 Å². The largest absolute Gasteiger partial charge is 0.370 e. The monoisotopic (exact) mass is 389 g/mol. The van der Waals surface area contributed by atoms with Crippen molar-refractivity contribution < 1.29 is 0 Å². The van der Waals surface area contributed by atoms with E-state index < -0.39 is 0 Å². The van der Waals surface area contributed by atoms with Crippen LogP contribution in [0.4, 0.5) is 0 Å². The van der Waals surface area contributed by atoms with Crippen molar-refractivity contribution in [2.24, 2.45) is 10.7 Å². The van der Waals surface area contributed by atoms with E-state index in [1.807, 2.05) is 13.8 Å². The lowest BCUT2D eigenvalue weighted by atomic mass is 9.86. The third-order valence-corrected chi connectivity index (χ3v) is 2.94. The maximum Gasteiger partial charge on any atom is 0.188 e. The summed E-state index contributed by atoms with van der Waals surface area (Å²) in [5, 5.41) is 3.09. The number of nitrogens with one attached hydrogen (secondary N) is 1. The standard InChI is InChI=1S/C16H27N3.HI/c1-12(2)19-15(17)18-11-10-13-6-8-14(9-7-13)16(3,4)5;/h6-9,12H,10-11H2,1-5H3,(H3,17,18,19);1H. The van der Waals surface area contributed by atoms with Crippen LogP contribution in [0.3, 0.4) is 0 Å². The maximum atomic E-state index is 5.76. The molecule has 3 N–H and O–H groups in total. The second-order valence-electron chi connectivity index (χ2n) is 6.26. The smallest absolute Gasteiger partial charge is 0.188 e. The normalized spacial score (nSPS) is 12.2.